The molecular weight excluding hydrogens is 462 g/mol. The highest BCUT2D eigenvalue weighted by atomic mass is 32.2. The van der Waals surface area contributed by atoms with Crippen molar-refractivity contribution in [3.8, 4) is 5.75 Å². The van der Waals surface area contributed by atoms with Gasteiger partial charge in [0.2, 0.25) is 5.92 Å². The lowest BCUT2D eigenvalue weighted by molar-refractivity contribution is -0.111. The lowest BCUT2D eigenvalue weighted by Gasteiger charge is -2.27. The minimum Gasteiger partial charge on any atom is -0.393 e. The Bertz CT molecular complexity index is 927. The maximum atomic E-state index is 13.6. The number of nitrogens with zero attached hydrogens (tertiary/aromatic N) is 1. The number of aliphatic hydroxyl groups is 2. The molecule has 1 aromatic heterocycles. The Morgan fingerprint density at radius 1 is 1.38 bits per heavy atom. The van der Waals surface area contributed by atoms with Crippen LogP contribution >= 0.6 is 23.4 Å². The molecule has 1 fully saturated rings. The molecule has 2 aromatic rings. The van der Waals surface area contributed by atoms with Gasteiger partial charge in [-0.3, -0.25) is 10.1 Å². The largest absolute Gasteiger partial charge is 0.393 e. The third-order valence-corrected chi connectivity index (χ3v) is 6.01. The van der Waals surface area contributed by atoms with Crippen molar-refractivity contribution in [3.63, 3.8) is 0 Å². The first-order valence-electron chi connectivity index (χ1n) is 9.94. The Morgan fingerprint density at radius 3 is 2.69 bits per heavy atom. The fourth-order valence-electron chi connectivity index (χ4n) is 3.29. The highest BCUT2D eigenvalue weighted by molar-refractivity contribution is 7.93. The van der Waals surface area contributed by atoms with Crippen LogP contribution in [0.1, 0.15) is 43.0 Å². The Balaban J connectivity index is 1.82. The maximum Gasteiger partial charge on any atom is 0.257 e. The van der Waals surface area contributed by atoms with Crippen LogP contribution in [0.4, 0.5) is 13.9 Å². The molecule has 3 N–H and O–H groups in total. The summed E-state index contributed by atoms with van der Waals surface area (Å²) in [6.45, 7) is -0.483. The van der Waals surface area contributed by atoms with E-state index in [9.17, 15) is 18.7 Å². The number of rotatable bonds is 9. The predicted octanol–water partition coefficient (Wildman–Crippen LogP) is 4.60. The number of thiazole rings is 1. The third kappa shape index (κ3) is 6.72. The lowest BCUT2D eigenvalue weighted by atomic mass is 9.84. The highest BCUT2D eigenvalue weighted by Crippen LogP contribution is 2.38. The SMILES string of the molecule is CSOOc1ccc(/C(=C\C2CCC(F)(F)CC2)C(=O)Nc2nc(C(O)CO)cs2)cc1. The fraction of sp³-hybridized carbons (Fsp3) is 0.429. The molecule has 1 aliphatic rings. The second-order valence-corrected chi connectivity index (χ2v) is 8.67. The van der Waals surface area contributed by atoms with E-state index in [-0.39, 0.29) is 42.4 Å². The van der Waals surface area contributed by atoms with Crippen LogP contribution in [-0.2, 0) is 9.13 Å². The summed E-state index contributed by atoms with van der Waals surface area (Å²) in [6.07, 6.45) is 2.46. The smallest absolute Gasteiger partial charge is 0.257 e. The van der Waals surface area contributed by atoms with Gasteiger partial charge in [0, 0.05) is 42.1 Å². The molecule has 0 radical (unpaired) electrons. The number of anilines is 1. The van der Waals surface area contributed by atoms with Crippen molar-refractivity contribution in [2.75, 3.05) is 18.2 Å². The number of benzene rings is 1. The average Bonchev–Trinajstić information content (AvgIpc) is 3.25. The van der Waals surface area contributed by atoms with Crippen molar-refractivity contribution in [2.24, 2.45) is 5.92 Å². The molecule has 1 saturated carbocycles. The van der Waals surface area contributed by atoms with Crippen LogP contribution < -0.4 is 10.2 Å². The van der Waals surface area contributed by atoms with E-state index in [0.717, 1.165) is 23.4 Å². The molecule has 0 aliphatic heterocycles. The third-order valence-electron chi connectivity index (χ3n) is 5.03. The summed E-state index contributed by atoms with van der Waals surface area (Å²) in [5, 5.41) is 23.2. The van der Waals surface area contributed by atoms with E-state index >= 15 is 0 Å². The summed E-state index contributed by atoms with van der Waals surface area (Å²) in [7, 11) is 0. The van der Waals surface area contributed by atoms with Crippen LogP contribution in [0.3, 0.4) is 0 Å². The summed E-state index contributed by atoms with van der Waals surface area (Å²) >= 11 is 2.16. The summed E-state index contributed by atoms with van der Waals surface area (Å²) in [6, 6.07) is 6.65. The molecule has 1 amide bonds. The topological polar surface area (TPSA) is 101 Å². The molecule has 1 aromatic carbocycles. The van der Waals surface area contributed by atoms with Gasteiger partial charge in [0.15, 0.2) is 10.9 Å². The number of hydrogen-bond acceptors (Lipinski definition) is 8. The molecule has 0 bridgehead atoms. The van der Waals surface area contributed by atoms with Crippen molar-refractivity contribution in [1.82, 2.24) is 4.98 Å². The molecular formula is C21H24F2N2O5S2. The first-order valence-corrected chi connectivity index (χ1v) is 12.0. The zero-order chi connectivity index (χ0) is 23.1. The van der Waals surface area contributed by atoms with E-state index < -0.39 is 24.5 Å². The quantitative estimate of drug-likeness (QED) is 0.206. The zero-order valence-electron chi connectivity index (χ0n) is 17.3. The predicted molar refractivity (Wildman–Crippen MR) is 119 cm³/mol. The Labute approximate surface area is 192 Å². The van der Waals surface area contributed by atoms with Crippen molar-refractivity contribution in [2.45, 2.75) is 37.7 Å². The van der Waals surface area contributed by atoms with Crippen LogP contribution in [0.2, 0.25) is 0 Å². The van der Waals surface area contributed by atoms with Crippen molar-refractivity contribution in [1.29, 1.82) is 0 Å². The van der Waals surface area contributed by atoms with E-state index in [4.69, 9.17) is 14.3 Å². The molecule has 11 heteroatoms. The van der Waals surface area contributed by atoms with Gasteiger partial charge in [-0.1, -0.05) is 18.2 Å². The first kappa shape index (κ1) is 24.6. The van der Waals surface area contributed by atoms with Crippen molar-refractivity contribution < 1.29 is 33.0 Å². The molecule has 1 unspecified atom stereocenters. The highest BCUT2D eigenvalue weighted by Gasteiger charge is 2.34. The summed E-state index contributed by atoms with van der Waals surface area (Å²) in [5.41, 5.74) is 1.17. The molecule has 7 nitrogen and oxygen atoms in total. The summed E-state index contributed by atoms with van der Waals surface area (Å²) in [4.78, 5) is 22.3. The first-order chi connectivity index (χ1) is 15.3. The molecule has 1 heterocycles. The molecule has 0 saturated heterocycles. The van der Waals surface area contributed by atoms with Crippen LogP contribution in [0, 0.1) is 5.92 Å². The number of amides is 1. The number of nitrogens with one attached hydrogen (secondary N) is 1. The van der Waals surface area contributed by atoms with Crippen molar-refractivity contribution in [3.05, 3.63) is 47.0 Å². The Morgan fingerprint density at radius 2 is 2.06 bits per heavy atom. The van der Waals surface area contributed by atoms with Gasteiger partial charge >= 0.3 is 0 Å². The number of allylic oxidation sites excluding steroid dienone is 1. The standard InChI is InChI=1S/C21H24F2N2O5S2/c1-31-30-29-15-4-2-14(3-5-15)16(10-13-6-8-21(22,23)9-7-13)19(28)25-20-24-17(12-32-20)18(27)11-26/h2-5,10,12-13,18,26-27H,6-9,11H2,1H3,(H,24,25,28)/b16-10+. The number of carbonyl (C=O) groups excluding carboxylic acids is 1. The van der Waals surface area contributed by atoms with Gasteiger partial charge in [-0.15, -0.1) is 15.7 Å². The average molecular weight is 487 g/mol. The minimum atomic E-state index is -2.66. The molecule has 174 valence electrons. The van der Waals surface area contributed by atoms with Gasteiger partial charge in [-0.2, -0.15) is 0 Å². The zero-order valence-corrected chi connectivity index (χ0v) is 18.9. The van der Waals surface area contributed by atoms with Gasteiger partial charge in [0.05, 0.1) is 12.3 Å². The molecule has 1 atom stereocenters. The minimum absolute atomic E-state index is 0.158. The van der Waals surface area contributed by atoms with E-state index in [0.29, 0.717) is 16.9 Å². The van der Waals surface area contributed by atoms with Gasteiger partial charge in [-0.05, 0) is 36.5 Å². The Hall–Kier alpha value is -2.05. The van der Waals surface area contributed by atoms with E-state index in [1.807, 2.05) is 0 Å². The molecule has 32 heavy (non-hydrogen) atoms. The van der Waals surface area contributed by atoms with Crippen LogP contribution in [0.15, 0.2) is 35.7 Å². The van der Waals surface area contributed by atoms with Crippen molar-refractivity contribution >= 4 is 40.0 Å². The van der Waals surface area contributed by atoms with Crippen LogP contribution in [-0.4, -0.2) is 39.9 Å². The summed E-state index contributed by atoms with van der Waals surface area (Å²) < 4.78 is 31.9. The van der Waals surface area contributed by atoms with Gasteiger partial charge < -0.3 is 15.1 Å². The normalized spacial score (nSPS) is 17.7. The second kappa shape index (κ2) is 11.2. The fourth-order valence-corrected chi connectivity index (χ4v) is 4.18. The number of aromatic nitrogens is 1. The Kier molecular flexibility index (Phi) is 8.60. The van der Waals surface area contributed by atoms with E-state index in [2.05, 4.69) is 10.3 Å². The monoisotopic (exact) mass is 486 g/mol. The van der Waals surface area contributed by atoms with Gasteiger partial charge in [-0.25, -0.2) is 13.8 Å². The van der Waals surface area contributed by atoms with Crippen LogP contribution in [0.25, 0.3) is 5.57 Å². The second-order valence-electron chi connectivity index (χ2n) is 7.35. The van der Waals surface area contributed by atoms with Gasteiger partial charge in [0.25, 0.3) is 5.91 Å². The van der Waals surface area contributed by atoms with Crippen LogP contribution in [0.5, 0.6) is 5.75 Å². The number of carbonyl (C=O) groups is 1. The number of halogens is 2. The maximum absolute atomic E-state index is 13.6. The summed E-state index contributed by atoms with van der Waals surface area (Å²) in [5.74, 6) is -2.82. The number of hydrogen-bond donors (Lipinski definition) is 3. The van der Waals surface area contributed by atoms with Gasteiger partial charge in [0.1, 0.15) is 6.10 Å². The number of aliphatic hydroxyl groups excluding tert-OH is 2. The molecule has 1 aliphatic carbocycles. The lowest BCUT2D eigenvalue weighted by Crippen LogP contribution is -2.24. The number of alkyl halides is 2. The molecule has 0 spiro atoms. The molecule has 3 rings (SSSR count). The van der Waals surface area contributed by atoms with E-state index in [1.165, 1.54) is 0 Å². The van der Waals surface area contributed by atoms with E-state index in [1.54, 1.807) is 42.0 Å².